The van der Waals surface area contributed by atoms with Crippen LogP contribution in [0.1, 0.15) is 31.7 Å². The first-order valence-corrected chi connectivity index (χ1v) is 8.87. The molecule has 1 aromatic carbocycles. The summed E-state index contributed by atoms with van der Waals surface area (Å²) >= 11 is 0. The van der Waals surface area contributed by atoms with Gasteiger partial charge >= 0.3 is 0 Å². The second-order valence-electron chi connectivity index (χ2n) is 6.79. The van der Waals surface area contributed by atoms with E-state index >= 15 is 0 Å². The minimum Gasteiger partial charge on any atom is -0.383 e. The highest BCUT2D eigenvalue weighted by atomic mass is 16.5. The summed E-state index contributed by atoms with van der Waals surface area (Å²) in [7, 11) is 0. The van der Waals surface area contributed by atoms with Gasteiger partial charge in [0.25, 0.3) is 0 Å². The van der Waals surface area contributed by atoms with Gasteiger partial charge in [-0.1, -0.05) is 30.3 Å². The largest absolute Gasteiger partial charge is 0.383 e. The van der Waals surface area contributed by atoms with Gasteiger partial charge < -0.3 is 19.9 Å². The van der Waals surface area contributed by atoms with Gasteiger partial charge in [-0.05, 0) is 31.7 Å². The molecule has 0 bridgehead atoms. The van der Waals surface area contributed by atoms with Crippen molar-refractivity contribution in [1.82, 2.24) is 5.32 Å². The highest BCUT2D eigenvalue weighted by molar-refractivity contribution is 5.81. The lowest BCUT2D eigenvalue weighted by molar-refractivity contribution is -0.177. The van der Waals surface area contributed by atoms with Crippen LogP contribution in [-0.2, 0) is 20.7 Å². The Morgan fingerprint density at radius 2 is 2.08 bits per heavy atom. The van der Waals surface area contributed by atoms with Crippen LogP contribution in [-0.4, -0.2) is 49.1 Å². The van der Waals surface area contributed by atoms with Gasteiger partial charge in [0.05, 0.1) is 6.10 Å². The lowest BCUT2D eigenvalue weighted by Gasteiger charge is -2.57. The van der Waals surface area contributed by atoms with E-state index in [0.29, 0.717) is 26.2 Å². The van der Waals surface area contributed by atoms with Crippen LogP contribution >= 0.6 is 0 Å². The van der Waals surface area contributed by atoms with Gasteiger partial charge in [-0.25, -0.2) is 0 Å². The predicted octanol–water partition coefficient (Wildman–Crippen LogP) is 1.68. The first-order valence-electron chi connectivity index (χ1n) is 8.87. The van der Waals surface area contributed by atoms with Crippen molar-refractivity contribution in [3.63, 3.8) is 0 Å². The molecule has 0 aromatic heterocycles. The zero-order chi connectivity index (χ0) is 17.0. The Morgan fingerprint density at radius 1 is 1.38 bits per heavy atom. The van der Waals surface area contributed by atoms with Crippen LogP contribution in [0.4, 0.5) is 0 Å². The third kappa shape index (κ3) is 3.48. The van der Waals surface area contributed by atoms with Gasteiger partial charge in [-0.15, -0.1) is 0 Å². The predicted molar refractivity (Wildman–Crippen MR) is 90.6 cm³/mol. The molecule has 1 aliphatic carbocycles. The molecule has 1 saturated heterocycles. The molecule has 24 heavy (non-hydrogen) atoms. The lowest BCUT2D eigenvalue weighted by Crippen LogP contribution is -2.67. The SMILES string of the molecule is CCO[C@H]1C[C@H](NC(=O)[C@@H](O)Cc2ccccc2)C12CCOCC2. The van der Waals surface area contributed by atoms with Crippen molar-refractivity contribution in [2.24, 2.45) is 5.41 Å². The summed E-state index contributed by atoms with van der Waals surface area (Å²) in [5, 5.41) is 13.3. The zero-order valence-corrected chi connectivity index (χ0v) is 14.2. The van der Waals surface area contributed by atoms with E-state index in [4.69, 9.17) is 9.47 Å². The van der Waals surface area contributed by atoms with Crippen molar-refractivity contribution in [3.8, 4) is 0 Å². The molecule has 1 heterocycles. The van der Waals surface area contributed by atoms with Crippen LogP contribution in [0, 0.1) is 5.41 Å². The van der Waals surface area contributed by atoms with Gasteiger partial charge in [0.15, 0.2) is 0 Å². The van der Waals surface area contributed by atoms with Gasteiger partial charge in [0, 0.05) is 37.7 Å². The number of amides is 1. The number of rotatable bonds is 6. The van der Waals surface area contributed by atoms with E-state index in [1.165, 1.54) is 0 Å². The summed E-state index contributed by atoms with van der Waals surface area (Å²) < 4.78 is 11.4. The van der Waals surface area contributed by atoms with Crippen molar-refractivity contribution in [2.45, 2.75) is 50.9 Å². The standard InChI is InChI=1S/C19H27NO4/c1-2-24-17-13-16(19(17)8-10-23-11-9-19)20-18(22)15(21)12-14-6-4-3-5-7-14/h3-7,15-17,21H,2,8-13H2,1H3,(H,20,22)/t15-,16-,17-/m0/s1. The van der Waals surface area contributed by atoms with Crippen molar-refractivity contribution < 1.29 is 19.4 Å². The van der Waals surface area contributed by atoms with Crippen molar-refractivity contribution in [1.29, 1.82) is 0 Å². The molecule has 1 saturated carbocycles. The van der Waals surface area contributed by atoms with E-state index in [2.05, 4.69) is 5.32 Å². The van der Waals surface area contributed by atoms with Crippen molar-refractivity contribution >= 4 is 5.91 Å². The normalized spacial score (nSPS) is 26.6. The van der Waals surface area contributed by atoms with Crippen LogP contribution in [0.15, 0.2) is 30.3 Å². The number of aliphatic hydroxyl groups is 1. The third-order valence-corrected chi connectivity index (χ3v) is 5.47. The van der Waals surface area contributed by atoms with E-state index in [0.717, 1.165) is 24.8 Å². The average molecular weight is 333 g/mol. The smallest absolute Gasteiger partial charge is 0.249 e. The Balaban J connectivity index is 1.59. The Kier molecular flexibility index (Phi) is 5.54. The van der Waals surface area contributed by atoms with Crippen molar-refractivity contribution in [2.75, 3.05) is 19.8 Å². The third-order valence-electron chi connectivity index (χ3n) is 5.47. The van der Waals surface area contributed by atoms with Gasteiger partial charge in [-0.3, -0.25) is 4.79 Å². The number of hydrogen-bond acceptors (Lipinski definition) is 4. The quantitative estimate of drug-likeness (QED) is 0.831. The highest BCUT2D eigenvalue weighted by Crippen LogP contribution is 2.50. The Labute approximate surface area is 143 Å². The number of hydrogen-bond donors (Lipinski definition) is 2. The molecule has 0 unspecified atom stereocenters. The Morgan fingerprint density at radius 3 is 2.75 bits per heavy atom. The number of carbonyl (C=O) groups excluding carboxylic acids is 1. The summed E-state index contributed by atoms with van der Waals surface area (Å²) in [5.41, 5.74) is 0.929. The molecule has 1 aromatic rings. The fourth-order valence-corrected chi connectivity index (χ4v) is 4.01. The number of ether oxygens (including phenoxy) is 2. The summed E-state index contributed by atoms with van der Waals surface area (Å²) in [5.74, 6) is -0.287. The molecule has 1 amide bonds. The van der Waals surface area contributed by atoms with Gasteiger partial charge in [-0.2, -0.15) is 0 Å². The maximum absolute atomic E-state index is 12.4. The summed E-state index contributed by atoms with van der Waals surface area (Å²) in [6, 6.07) is 9.66. The molecule has 1 spiro atoms. The molecule has 0 radical (unpaired) electrons. The first-order chi connectivity index (χ1) is 11.7. The summed E-state index contributed by atoms with van der Waals surface area (Å²) in [6.45, 7) is 4.11. The highest BCUT2D eigenvalue weighted by Gasteiger charge is 2.56. The Bertz CT molecular complexity index is 542. The molecular weight excluding hydrogens is 306 g/mol. The topological polar surface area (TPSA) is 67.8 Å². The second-order valence-corrected chi connectivity index (χ2v) is 6.79. The van der Waals surface area contributed by atoms with Crippen LogP contribution in [0.3, 0.4) is 0 Å². The number of carbonyl (C=O) groups is 1. The molecular formula is C19H27NO4. The first kappa shape index (κ1) is 17.4. The second kappa shape index (κ2) is 7.64. The van der Waals surface area contributed by atoms with Gasteiger partial charge in [0.2, 0.25) is 5.91 Å². The average Bonchev–Trinajstić information content (AvgIpc) is 2.62. The molecule has 1 aliphatic heterocycles. The summed E-state index contributed by atoms with van der Waals surface area (Å²) in [6.07, 6.45) is 2.12. The Hall–Kier alpha value is -1.43. The van der Waals surface area contributed by atoms with Crippen LogP contribution in [0.5, 0.6) is 0 Å². The fraction of sp³-hybridized carbons (Fsp3) is 0.632. The monoisotopic (exact) mass is 333 g/mol. The van der Waals surface area contributed by atoms with E-state index in [9.17, 15) is 9.90 Å². The zero-order valence-electron chi connectivity index (χ0n) is 14.2. The number of nitrogens with one attached hydrogen (secondary N) is 1. The molecule has 132 valence electrons. The minimum atomic E-state index is -1.02. The molecule has 2 aliphatic rings. The summed E-state index contributed by atoms with van der Waals surface area (Å²) in [4.78, 5) is 12.4. The maximum atomic E-state index is 12.4. The molecule has 5 nitrogen and oxygen atoms in total. The van der Waals surface area contributed by atoms with E-state index in [1.54, 1.807) is 0 Å². The maximum Gasteiger partial charge on any atom is 0.249 e. The van der Waals surface area contributed by atoms with E-state index < -0.39 is 6.10 Å². The van der Waals surface area contributed by atoms with Crippen LogP contribution < -0.4 is 5.32 Å². The van der Waals surface area contributed by atoms with Crippen molar-refractivity contribution in [3.05, 3.63) is 35.9 Å². The molecule has 3 atom stereocenters. The molecule has 2 N–H and O–H groups in total. The van der Waals surface area contributed by atoms with Gasteiger partial charge in [0.1, 0.15) is 6.10 Å². The van der Waals surface area contributed by atoms with E-state index in [-0.39, 0.29) is 23.5 Å². The number of aliphatic hydroxyl groups excluding tert-OH is 1. The molecule has 5 heteroatoms. The molecule has 2 fully saturated rings. The van der Waals surface area contributed by atoms with Crippen LogP contribution in [0.2, 0.25) is 0 Å². The number of benzene rings is 1. The fourth-order valence-electron chi connectivity index (χ4n) is 4.01. The lowest BCUT2D eigenvalue weighted by atomic mass is 9.57. The van der Waals surface area contributed by atoms with Crippen LogP contribution in [0.25, 0.3) is 0 Å². The minimum absolute atomic E-state index is 0.0314. The van der Waals surface area contributed by atoms with E-state index in [1.807, 2.05) is 37.3 Å². The molecule has 3 rings (SSSR count).